The summed E-state index contributed by atoms with van der Waals surface area (Å²) in [7, 11) is 0. The van der Waals surface area contributed by atoms with Gasteiger partial charge in [-0.05, 0) is 35.4 Å². The van der Waals surface area contributed by atoms with Crippen molar-refractivity contribution in [3.63, 3.8) is 0 Å². The van der Waals surface area contributed by atoms with Crippen molar-refractivity contribution in [3.05, 3.63) is 102 Å². The summed E-state index contributed by atoms with van der Waals surface area (Å²) in [6, 6.07) is 24.8. The lowest BCUT2D eigenvalue weighted by atomic mass is 9.88. The highest BCUT2D eigenvalue weighted by Gasteiger charge is 2.18. The standard InChI is InChI=1S/C23H21FN2O3/c24-19-11-13-20(14-12-19)29-16-23(28)26-25-22(27)15-21(17-7-3-1-4-8-17)18-9-5-2-6-10-18/h1-14,21H,15-16H2,(H,25,27)(H,26,28). The molecule has 5 nitrogen and oxygen atoms in total. The van der Waals surface area contributed by atoms with Crippen LogP contribution in [0, 0.1) is 5.82 Å². The van der Waals surface area contributed by atoms with Crippen molar-refractivity contribution >= 4 is 11.8 Å². The highest BCUT2D eigenvalue weighted by Crippen LogP contribution is 2.27. The Bertz CT molecular complexity index is 892. The Balaban J connectivity index is 1.53. The topological polar surface area (TPSA) is 67.4 Å². The first-order valence-corrected chi connectivity index (χ1v) is 9.18. The van der Waals surface area contributed by atoms with Crippen LogP contribution < -0.4 is 15.6 Å². The van der Waals surface area contributed by atoms with Gasteiger partial charge in [-0.25, -0.2) is 4.39 Å². The van der Waals surface area contributed by atoms with E-state index >= 15 is 0 Å². The molecule has 0 aliphatic heterocycles. The molecule has 0 atom stereocenters. The van der Waals surface area contributed by atoms with Gasteiger partial charge in [0.1, 0.15) is 11.6 Å². The van der Waals surface area contributed by atoms with Crippen LogP contribution in [0.1, 0.15) is 23.5 Å². The van der Waals surface area contributed by atoms with E-state index in [0.29, 0.717) is 5.75 Å². The monoisotopic (exact) mass is 392 g/mol. The van der Waals surface area contributed by atoms with Crippen LogP contribution in [0.4, 0.5) is 4.39 Å². The van der Waals surface area contributed by atoms with Crippen molar-refractivity contribution in [2.45, 2.75) is 12.3 Å². The summed E-state index contributed by atoms with van der Waals surface area (Å²) < 4.78 is 18.1. The van der Waals surface area contributed by atoms with Gasteiger partial charge in [0.2, 0.25) is 5.91 Å². The minimum atomic E-state index is -0.515. The lowest BCUT2D eigenvalue weighted by Crippen LogP contribution is -2.44. The van der Waals surface area contributed by atoms with Crippen LogP contribution in [0.3, 0.4) is 0 Å². The fourth-order valence-corrected chi connectivity index (χ4v) is 2.89. The van der Waals surface area contributed by atoms with Gasteiger partial charge in [-0.2, -0.15) is 0 Å². The lowest BCUT2D eigenvalue weighted by molar-refractivity contribution is -0.130. The van der Waals surface area contributed by atoms with Crippen molar-refractivity contribution in [1.29, 1.82) is 0 Å². The van der Waals surface area contributed by atoms with Gasteiger partial charge < -0.3 is 4.74 Å². The molecule has 0 radical (unpaired) electrons. The fourth-order valence-electron chi connectivity index (χ4n) is 2.89. The Morgan fingerprint density at radius 1 is 0.759 bits per heavy atom. The highest BCUT2D eigenvalue weighted by molar-refractivity contribution is 5.83. The first kappa shape index (κ1) is 20.1. The second-order valence-corrected chi connectivity index (χ2v) is 6.42. The van der Waals surface area contributed by atoms with Gasteiger partial charge in [0, 0.05) is 12.3 Å². The van der Waals surface area contributed by atoms with Gasteiger partial charge >= 0.3 is 0 Å². The van der Waals surface area contributed by atoms with Crippen molar-refractivity contribution in [2.75, 3.05) is 6.61 Å². The minimum absolute atomic E-state index is 0.134. The zero-order valence-electron chi connectivity index (χ0n) is 15.7. The van der Waals surface area contributed by atoms with E-state index in [0.717, 1.165) is 11.1 Å². The molecular formula is C23H21FN2O3. The van der Waals surface area contributed by atoms with E-state index in [1.807, 2.05) is 60.7 Å². The summed E-state index contributed by atoms with van der Waals surface area (Å²) in [4.78, 5) is 24.3. The average Bonchev–Trinajstić information content (AvgIpc) is 2.77. The molecule has 0 saturated heterocycles. The number of hydrazine groups is 1. The van der Waals surface area contributed by atoms with E-state index in [1.54, 1.807) is 0 Å². The molecule has 0 aliphatic carbocycles. The Hall–Kier alpha value is -3.67. The predicted octanol–water partition coefficient (Wildman–Crippen LogP) is 3.57. The van der Waals surface area contributed by atoms with Crippen LogP contribution in [0.15, 0.2) is 84.9 Å². The summed E-state index contributed by atoms with van der Waals surface area (Å²) in [5.41, 5.74) is 6.78. The maximum Gasteiger partial charge on any atom is 0.276 e. The van der Waals surface area contributed by atoms with Crippen LogP contribution in [-0.2, 0) is 9.59 Å². The SMILES string of the molecule is O=C(COc1ccc(F)cc1)NNC(=O)CC(c1ccccc1)c1ccccc1. The van der Waals surface area contributed by atoms with Gasteiger partial charge in [-0.3, -0.25) is 20.4 Å². The third-order valence-electron chi connectivity index (χ3n) is 4.32. The lowest BCUT2D eigenvalue weighted by Gasteiger charge is -2.18. The molecule has 0 fully saturated rings. The van der Waals surface area contributed by atoms with Gasteiger partial charge in [-0.15, -0.1) is 0 Å². The number of hydrogen-bond acceptors (Lipinski definition) is 3. The Labute approximate surface area is 168 Å². The predicted molar refractivity (Wildman–Crippen MR) is 108 cm³/mol. The van der Waals surface area contributed by atoms with Crippen molar-refractivity contribution in [2.24, 2.45) is 0 Å². The first-order chi connectivity index (χ1) is 14.1. The zero-order valence-corrected chi connectivity index (χ0v) is 15.7. The zero-order chi connectivity index (χ0) is 20.5. The number of carbonyl (C=O) groups is 2. The molecule has 2 amide bonds. The Morgan fingerprint density at radius 2 is 1.28 bits per heavy atom. The summed E-state index contributed by atoms with van der Waals surface area (Å²) in [5, 5.41) is 0. The van der Waals surface area contributed by atoms with Crippen LogP contribution in [0.5, 0.6) is 5.75 Å². The molecule has 3 rings (SSSR count). The number of carbonyl (C=O) groups excluding carboxylic acids is 2. The first-order valence-electron chi connectivity index (χ1n) is 9.18. The molecule has 0 saturated carbocycles. The maximum absolute atomic E-state index is 12.9. The summed E-state index contributed by atoms with van der Waals surface area (Å²) in [6.07, 6.45) is 0.174. The third-order valence-corrected chi connectivity index (χ3v) is 4.32. The van der Waals surface area contributed by atoms with Crippen LogP contribution in [-0.4, -0.2) is 18.4 Å². The number of nitrogens with one attached hydrogen (secondary N) is 2. The molecule has 148 valence electrons. The fraction of sp³-hybridized carbons (Fsp3) is 0.130. The smallest absolute Gasteiger partial charge is 0.276 e. The van der Waals surface area contributed by atoms with Gasteiger partial charge in [0.05, 0.1) is 0 Å². The molecule has 3 aromatic rings. The van der Waals surface area contributed by atoms with E-state index in [-0.39, 0.29) is 30.7 Å². The summed E-state index contributed by atoms with van der Waals surface area (Å²) >= 11 is 0. The molecule has 0 heterocycles. The second kappa shape index (κ2) is 10.0. The summed E-state index contributed by atoms with van der Waals surface area (Å²) in [5.74, 6) is -0.997. The molecule has 0 aliphatic rings. The molecular weight excluding hydrogens is 371 g/mol. The van der Waals surface area contributed by atoms with E-state index in [1.165, 1.54) is 24.3 Å². The van der Waals surface area contributed by atoms with Crippen LogP contribution in [0.25, 0.3) is 0 Å². The Morgan fingerprint density at radius 3 is 1.83 bits per heavy atom. The van der Waals surface area contributed by atoms with Crippen molar-refractivity contribution in [3.8, 4) is 5.75 Å². The molecule has 0 unspecified atom stereocenters. The maximum atomic E-state index is 12.9. The summed E-state index contributed by atoms with van der Waals surface area (Å²) in [6.45, 7) is -0.299. The van der Waals surface area contributed by atoms with Gasteiger partial charge in [-0.1, -0.05) is 60.7 Å². The number of ether oxygens (including phenoxy) is 1. The molecule has 0 spiro atoms. The van der Waals surface area contributed by atoms with E-state index in [4.69, 9.17) is 4.74 Å². The molecule has 6 heteroatoms. The Kier molecular flexibility index (Phi) is 6.95. The second-order valence-electron chi connectivity index (χ2n) is 6.42. The van der Waals surface area contributed by atoms with Gasteiger partial charge in [0.15, 0.2) is 6.61 Å². The van der Waals surface area contributed by atoms with Crippen molar-refractivity contribution < 1.29 is 18.7 Å². The van der Waals surface area contributed by atoms with E-state index < -0.39 is 5.91 Å². The largest absolute Gasteiger partial charge is 0.484 e. The quantitative estimate of drug-likeness (QED) is 0.604. The normalized spacial score (nSPS) is 10.4. The van der Waals surface area contributed by atoms with E-state index in [9.17, 15) is 14.0 Å². The van der Waals surface area contributed by atoms with Crippen molar-refractivity contribution in [1.82, 2.24) is 10.9 Å². The number of amides is 2. The minimum Gasteiger partial charge on any atom is -0.484 e. The van der Waals surface area contributed by atoms with Crippen LogP contribution in [0.2, 0.25) is 0 Å². The number of benzene rings is 3. The number of halogens is 1. The third kappa shape index (κ3) is 6.17. The molecule has 3 aromatic carbocycles. The highest BCUT2D eigenvalue weighted by atomic mass is 19.1. The molecule has 0 aromatic heterocycles. The molecule has 0 bridgehead atoms. The van der Waals surface area contributed by atoms with E-state index in [2.05, 4.69) is 10.9 Å². The number of rotatable bonds is 7. The van der Waals surface area contributed by atoms with Gasteiger partial charge in [0.25, 0.3) is 5.91 Å². The molecule has 29 heavy (non-hydrogen) atoms. The average molecular weight is 392 g/mol. The van der Waals surface area contributed by atoms with Crippen LogP contribution >= 0.6 is 0 Å². The number of hydrogen-bond donors (Lipinski definition) is 2. The molecule has 2 N–H and O–H groups in total.